The van der Waals surface area contributed by atoms with Gasteiger partial charge in [-0.2, -0.15) is 0 Å². The van der Waals surface area contributed by atoms with Gasteiger partial charge in [0.25, 0.3) is 0 Å². The molecule has 2 fully saturated rings. The van der Waals surface area contributed by atoms with Gasteiger partial charge in [-0.15, -0.1) is 0 Å². The fraction of sp³-hybridized carbons (Fsp3) is 0.481. The maximum atomic E-state index is 13.3. The third-order valence-corrected chi connectivity index (χ3v) is 6.57. The number of hydrogen-bond donors (Lipinski definition) is 0. The molecule has 1 atom stereocenters. The van der Waals surface area contributed by atoms with Crippen LogP contribution in [0.4, 0.5) is 4.39 Å². The monoisotopic (exact) mass is 468 g/mol. The molecule has 7 heteroatoms. The number of carbonyl (C=O) groups excluding carboxylic acids is 2. The number of ether oxygens (including phenoxy) is 2. The molecule has 6 nitrogen and oxygen atoms in total. The van der Waals surface area contributed by atoms with E-state index in [0.717, 1.165) is 37.9 Å². The number of carbonyl (C=O) groups is 2. The van der Waals surface area contributed by atoms with Gasteiger partial charge < -0.3 is 19.3 Å². The second-order valence-electron chi connectivity index (χ2n) is 9.19. The van der Waals surface area contributed by atoms with Crippen LogP contribution in [0.3, 0.4) is 0 Å². The number of halogens is 1. The van der Waals surface area contributed by atoms with Crippen molar-refractivity contribution in [3.05, 3.63) is 66.0 Å². The molecule has 0 aliphatic carbocycles. The van der Waals surface area contributed by atoms with Crippen molar-refractivity contribution in [2.24, 2.45) is 0 Å². The van der Waals surface area contributed by atoms with Gasteiger partial charge in [0.1, 0.15) is 23.8 Å². The van der Waals surface area contributed by atoms with Crippen LogP contribution < -0.4 is 4.74 Å². The maximum absolute atomic E-state index is 13.3. The van der Waals surface area contributed by atoms with E-state index < -0.39 is 5.60 Å². The predicted molar refractivity (Wildman–Crippen MR) is 127 cm³/mol. The number of amides is 2. The molecule has 0 radical (unpaired) electrons. The highest BCUT2D eigenvalue weighted by molar-refractivity contribution is 5.79. The minimum atomic E-state index is -0.941. The zero-order valence-corrected chi connectivity index (χ0v) is 19.6. The summed E-state index contributed by atoms with van der Waals surface area (Å²) in [5.74, 6) is 0.235. The first kappa shape index (κ1) is 24.2. The molecule has 1 unspecified atom stereocenters. The first-order chi connectivity index (χ1) is 16.5. The van der Waals surface area contributed by atoms with Crippen molar-refractivity contribution in [1.29, 1.82) is 0 Å². The van der Waals surface area contributed by atoms with Gasteiger partial charge in [0, 0.05) is 26.1 Å². The van der Waals surface area contributed by atoms with Crippen molar-refractivity contribution in [3.63, 3.8) is 0 Å². The summed E-state index contributed by atoms with van der Waals surface area (Å²) in [5, 5.41) is 0. The Labute approximate surface area is 200 Å². The van der Waals surface area contributed by atoms with E-state index in [1.54, 1.807) is 17.0 Å². The van der Waals surface area contributed by atoms with Crippen LogP contribution in [0.1, 0.15) is 37.7 Å². The summed E-state index contributed by atoms with van der Waals surface area (Å²) in [6.45, 7) is 2.75. The number of hydrogen-bond acceptors (Lipinski definition) is 4. The van der Waals surface area contributed by atoms with E-state index >= 15 is 0 Å². The van der Waals surface area contributed by atoms with Crippen molar-refractivity contribution in [1.82, 2.24) is 9.80 Å². The molecule has 0 saturated carbocycles. The van der Waals surface area contributed by atoms with Crippen LogP contribution in [-0.2, 0) is 20.7 Å². The third kappa shape index (κ3) is 6.56. The normalized spacial score (nSPS) is 20.7. The summed E-state index contributed by atoms with van der Waals surface area (Å²) < 4.78 is 25.4. The Morgan fingerprint density at radius 2 is 1.65 bits per heavy atom. The Hall–Kier alpha value is -2.93. The lowest BCUT2D eigenvalue weighted by Crippen LogP contribution is -2.58. The summed E-state index contributed by atoms with van der Waals surface area (Å²) in [7, 11) is 0. The summed E-state index contributed by atoms with van der Waals surface area (Å²) in [4.78, 5) is 29.9. The van der Waals surface area contributed by atoms with E-state index in [4.69, 9.17) is 9.47 Å². The van der Waals surface area contributed by atoms with E-state index in [1.807, 2.05) is 35.2 Å². The molecular weight excluding hydrogens is 435 g/mol. The van der Waals surface area contributed by atoms with E-state index in [-0.39, 0.29) is 30.7 Å². The lowest BCUT2D eigenvalue weighted by Gasteiger charge is -2.43. The van der Waals surface area contributed by atoms with E-state index in [2.05, 4.69) is 0 Å². The molecule has 0 bridgehead atoms. The lowest BCUT2D eigenvalue weighted by molar-refractivity contribution is -0.166. The molecule has 2 heterocycles. The number of piperidine rings is 1. The SMILES string of the molecule is O=C(CC1(COc2ccc(F)cc2)CN(C(=O)CCc2ccccc2)CCO1)N1CCCCC1. The van der Waals surface area contributed by atoms with Crippen molar-refractivity contribution in [2.45, 2.75) is 44.1 Å². The van der Waals surface area contributed by atoms with Gasteiger partial charge in [-0.3, -0.25) is 9.59 Å². The first-order valence-electron chi connectivity index (χ1n) is 12.1. The average molecular weight is 469 g/mol. The number of benzene rings is 2. The van der Waals surface area contributed by atoms with Crippen LogP contribution in [0, 0.1) is 5.82 Å². The van der Waals surface area contributed by atoms with Crippen molar-refractivity contribution < 1.29 is 23.5 Å². The first-order valence-corrected chi connectivity index (χ1v) is 12.1. The zero-order valence-electron chi connectivity index (χ0n) is 19.6. The average Bonchev–Trinajstić information content (AvgIpc) is 2.88. The molecule has 2 aliphatic heterocycles. The van der Waals surface area contributed by atoms with Gasteiger partial charge in [-0.25, -0.2) is 4.39 Å². The van der Waals surface area contributed by atoms with Gasteiger partial charge in [0.15, 0.2) is 0 Å². The Morgan fingerprint density at radius 1 is 0.912 bits per heavy atom. The summed E-state index contributed by atoms with van der Waals surface area (Å²) >= 11 is 0. The van der Waals surface area contributed by atoms with Gasteiger partial charge in [-0.1, -0.05) is 30.3 Å². The van der Waals surface area contributed by atoms with Crippen LogP contribution >= 0.6 is 0 Å². The van der Waals surface area contributed by atoms with Crippen LogP contribution in [0.25, 0.3) is 0 Å². The molecule has 0 N–H and O–H groups in total. The maximum Gasteiger partial charge on any atom is 0.225 e. The Morgan fingerprint density at radius 3 is 2.38 bits per heavy atom. The molecule has 182 valence electrons. The fourth-order valence-corrected chi connectivity index (χ4v) is 4.63. The predicted octanol–water partition coefficient (Wildman–Crippen LogP) is 3.84. The second-order valence-corrected chi connectivity index (χ2v) is 9.19. The Balaban J connectivity index is 1.44. The molecule has 0 aromatic heterocycles. The quantitative estimate of drug-likeness (QED) is 0.591. The smallest absolute Gasteiger partial charge is 0.225 e. The minimum absolute atomic E-state index is 0.0287. The number of aryl methyl sites for hydroxylation is 1. The second kappa shape index (κ2) is 11.5. The zero-order chi connectivity index (χ0) is 23.8. The van der Waals surface area contributed by atoms with Gasteiger partial charge in [-0.05, 0) is 55.5 Å². The summed E-state index contributed by atoms with van der Waals surface area (Å²) in [5.41, 5.74) is 0.180. The van der Waals surface area contributed by atoms with E-state index in [9.17, 15) is 14.0 Å². The van der Waals surface area contributed by atoms with Crippen LogP contribution in [0.2, 0.25) is 0 Å². The Kier molecular flexibility index (Phi) is 8.16. The standard InChI is InChI=1S/C27H33FN2O4/c28-23-10-12-24(13-11-23)33-21-27(19-26(32)29-15-5-2-6-16-29)20-30(17-18-34-27)25(31)14-9-22-7-3-1-4-8-22/h1,3-4,7-8,10-13H,2,5-6,9,14-21H2. The van der Waals surface area contributed by atoms with Gasteiger partial charge in [0.05, 0.1) is 19.6 Å². The number of rotatable bonds is 8. The highest BCUT2D eigenvalue weighted by Crippen LogP contribution is 2.27. The molecule has 2 aliphatic rings. The largest absolute Gasteiger partial charge is 0.490 e. The highest BCUT2D eigenvalue weighted by Gasteiger charge is 2.42. The van der Waals surface area contributed by atoms with Gasteiger partial charge in [0.2, 0.25) is 11.8 Å². The van der Waals surface area contributed by atoms with Crippen LogP contribution in [0.15, 0.2) is 54.6 Å². The number of morpholine rings is 1. The molecule has 4 rings (SSSR count). The molecule has 2 saturated heterocycles. The fourth-order valence-electron chi connectivity index (χ4n) is 4.63. The van der Waals surface area contributed by atoms with E-state index in [1.165, 1.54) is 12.1 Å². The van der Waals surface area contributed by atoms with Crippen molar-refractivity contribution in [3.8, 4) is 5.75 Å². The lowest BCUT2D eigenvalue weighted by atomic mass is 9.95. The molecule has 2 aromatic rings. The highest BCUT2D eigenvalue weighted by atomic mass is 19.1. The molecule has 2 amide bonds. The van der Waals surface area contributed by atoms with E-state index in [0.29, 0.717) is 38.3 Å². The molecular formula is C27H33FN2O4. The summed E-state index contributed by atoms with van der Waals surface area (Å²) in [6, 6.07) is 15.7. The topological polar surface area (TPSA) is 59.1 Å². The minimum Gasteiger partial charge on any atom is -0.490 e. The molecule has 2 aromatic carbocycles. The number of likely N-dealkylation sites (tertiary alicyclic amines) is 1. The van der Waals surface area contributed by atoms with Crippen molar-refractivity contribution in [2.75, 3.05) is 39.4 Å². The van der Waals surface area contributed by atoms with Gasteiger partial charge >= 0.3 is 0 Å². The summed E-state index contributed by atoms with van der Waals surface area (Å²) in [6.07, 6.45) is 4.38. The Bertz CT molecular complexity index is 947. The third-order valence-electron chi connectivity index (χ3n) is 6.57. The molecule has 34 heavy (non-hydrogen) atoms. The van der Waals surface area contributed by atoms with Crippen LogP contribution in [-0.4, -0.2) is 66.6 Å². The number of nitrogens with zero attached hydrogens (tertiary/aromatic N) is 2. The van der Waals surface area contributed by atoms with Crippen LogP contribution in [0.5, 0.6) is 5.75 Å². The molecule has 0 spiro atoms. The van der Waals surface area contributed by atoms with Crippen molar-refractivity contribution >= 4 is 11.8 Å².